The van der Waals surface area contributed by atoms with Gasteiger partial charge in [-0.25, -0.2) is 0 Å². The fourth-order valence-electron chi connectivity index (χ4n) is 1.48. The predicted molar refractivity (Wildman–Crippen MR) is 65.9 cm³/mol. The van der Waals surface area contributed by atoms with Crippen LogP contribution in [-0.2, 0) is 15.0 Å². The summed E-state index contributed by atoms with van der Waals surface area (Å²) in [5, 5.41) is 8.58. The normalized spacial score (nSPS) is 13.9. The molecule has 6 nitrogen and oxygen atoms in total. The zero-order valence-electron chi connectivity index (χ0n) is 10.6. The third-order valence-electron chi connectivity index (χ3n) is 2.12. The molecule has 0 aromatic rings. The van der Waals surface area contributed by atoms with Crippen molar-refractivity contribution < 1.29 is 18.3 Å². The minimum Gasteiger partial charge on any atom is -0.481 e. The standard InChI is InChI=1S/C10H22N2O4S/c1-4-6-12(7-5-2)17(15,16)11-9(3)8-10(13)14/h9,11H,4-8H2,1-3H3,(H,13,14). The van der Waals surface area contributed by atoms with E-state index in [2.05, 4.69) is 4.72 Å². The van der Waals surface area contributed by atoms with Crippen LogP contribution in [0.4, 0.5) is 0 Å². The van der Waals surface area contributed by atoms with Gasteiger partial charge < -0.3 is 5.11 Å². The Morgan fingerprint density at radius 2 is 1.76 bits per heavy atom. The SMILES string of the molecule is CCCN(CCC)S(=O)(=O)NC(C)CC(=O)O. The van der Waals surface area contributed by atoms with Crippen LogP contribution in [0, 0.1) is 0 Å². The first-order chi connectivity index (χ1) is 7.83. The maximum atomic E-state index is 11.9. The molecule has 0 fully saturated rings. The van der Waals surface area contributed by atoms with Crippen molar-refractivity contribution in [3.8, 4) is 0 Å². The van der Waals surface area contributed by atoms with Crippen LogP contribution in [0.2, 0.25) is 0 Å². The van der Waals surface area contributed by atoms with E-state index in [0.717, 1.165) is 12.8 Å². The molecule has 0 radical (unpaired) electrons. The average molecular weight is 266 g/mol. The lowest BCUT2D eigenvalue weighted by Crippen LogP contribution is -2.45. The van der Waals surface area contributed by atoms with Crippen molar-refractivity contribution in [2.75, 3.05) is 13.1 Å². The molecule has 0 aliphatic carbocycles. The fourth-order valence-corrected chi connectivity index (χ4v) is 3.07. The van der Waals surface area contributed by atoms with E-state index in [1.165, 1.54) is 4.31 Å². The number of carboxylic acids is 1. The number of aliphatic carboxylic acids is 1. The van der Waals surface area contributed by atoms with E-state index in [9.17, 15) is 13.2 Å². The Bertz CT molecular complexity index is 323. The Morgan fingerprint density at radius 3 is 2.12 bits per heavy atom. The fraction of sp³-hybridized carbons (Fsp3) is 0.900. The summed E-state index contributed by atoms with van der Waals surface area (Å²) in [6, 6.07) is -0.603. The molecule has 0 rings (SSSR count). The van der Waals surface area contributed by atoms with Gasteiger partial charge in [0.1, 0.15) is 0 Å². The van der Waals surface area contributed by atoms with Gasteiger partial charge in [0, 0.05) is 19.1 Å². The number of carboxylic acid groups (broad SMARTS) is 1. The molecule has 0 spiro atoms. The minimum absolute atomic E-state index is 0.217. The highest BCUT2D eigenvalue weighted by atomic mass is 32.2. The van der Waals surface area contributed by atoms with Crippen molar-refractivity contribution in [2.24, 2.45) is 0 Å². The molecule has 102 valence electrons. The van der Waals surface area contributed by atoms with Gasteiger partial charge >= 0.3 is 5.97 Å². The molecule has 0 saturated carbocycles. The van der Waals surface area contributed by atoms with Crippen molar-refractivity contribution in [2.45, 2.75) is 46.1 Å². The summed E-state index contributed by atoms with van der Waals surface area (Å²) in [5.74, 6) is -1.02. The highest BCUT2D eigenvalue weighted by Gasteiger charge is 2.23. The minimum atomic E-state index is -3.57. The first-order valence-corrected chi connectivity index (χ1v) is 7.26. The molecule has 0 heterocycles. The topological polar surface area (TPSA) is 86.7 Å². The number of nitrogens with one attached hydrogen (secondary N) is 1. The van der Waals surface area contributed by atoms with E-state index < -0.39 is 22.2 Å². The lowest BCUT2D eigenvalue weighted by Gasteiger charge is -2.23. The maximum Gasteiger partial charge on any atom is 0.304 e. The molecule has 0 aliphatic rings. The Kier molecular flexibility index (Phi) is 7.33. The smallest absolute Gasteiger partial charge is 0.304 e. The highest BCUT2D eigenvalue weighted by Crippen LogP contribution is 2.04. The van der Waals surface area contributed by atoms with Crippen molar-refractivity contribution in [3.63, 3.8) is 0 Å². The summed E-state index contributed by atoms with van der Waals surface area (Å²) in [7, 11) is -3.57. The number of carbonyl (C=O) groups is 1. The molecule has 1 atom stereocenters. The molecule has 17 heavy (non-hydrogen) atoms. The van der Waals surface area contributed by atoms with Gasteiger partial charge in [-0.15, -0.1) is 0 Å². The van der Waals surface area contributed by atoms with Gasteiger partial charge in [-0.2, -0.15) is 17.4 Å². The summed E-state index contributed by atoms with van der Waals surface area (Å²) in [4.78, 5) is 10.5. The summed E-state index contributed by atoms with van der Waals surface area (Å²) < 4.78 is 27.6. The summed E-state index contributed by atoms with van der Waals surface area (Å²) in [5.41, 5.74) is 0. The molecule has 0 aromatic carbocycles. The van der Waals surface area contributed by atoms with Crippen molar-refractivity contribution in [3.05, 3.63) is 0 Å². The Hall–Kier alpha value is -0.660. The number of rotatable bonds is 9. The van der Waals surface area contributed by atoms with Gasteiger partial charge in [-0.3, -0.25) is 4.79 Å². The van der Waals surface area contributed by atoms with E-state index in [1.54, 1.807) is 6.92 Å². The Balaban J connectivity index is 4.55. The van der Waals surface area contributed by atoms with Crippen LogP contribution in [0.5, 0.6) is 0 Å². The maximum absolute atomic E-state index is 11.9. The summed E-state index contributed by atoms with van der Waals surface area (Å²) in [6.45, 7) is 6.24. The monoisotopic (exact) mass is 266 g/mol. The quantitative estimate of drug-likeness (QED) is 0.646. The van der Waals surface area contributed by atoms with Crippen LogP contribution >= 0.6 is 0 Å². The van der Waals surface area contributed by atoms with Crippen LogP contribution in [0.15, 0.2) is 0 Å². The summed E-state index contributed by atoms with van der Waals surface area (Å²) in [6.07, 6.45) is 1.24. The van der Waals surface area contributed by atoms with E-state index in [0.29, 0.717) is 13.1 Å². The van der Waals surface area contributed by atoms with Gasteiger partial charge in [0.15, 0.2) is 0 Å². The molecule has 0 saturated heterocycles. The molecular formula is C10H22N2O4S. The van der Waals surface area contributed by atoms with E-state index in [1.807, 2.05) is 13.8 Å². The zero-order valence-corrected chi connectivity index (χ0v) is 11.5. The van der Waals surface area contributed by atoms with Gasteiger partial charge in [0.05, 0.1) is 6.42 Å². The third kappa shape index (κ3) is 6.60. The molecule has 0 aromatic heterocycles. The molecular weight excluding hydrogens is 244 g/mol. The second-order valence-electron chi connectivity index (χ2n) is 4.02. The first kappa shape index (κ1) is 16.3. The van der Waals surface area contributed by atoms with Crippen molar-refractivity contribution >= 4 is 16.2 Å². The third-order valence-corrected chi connectivity index (χ3v) is 3.86. The molecule has 0 bridgehead atoms. The van der Waals surface area contributed by atoms with E-state index in [4.69, 9.17) is 5.11 Å². The van der Waals surface area contributed by atoms with Crippen molar-refractivity contribution in [1.29, 1.82) is 0 Å². The van der Waals surface area contributed by atoms with Crippen molar-refractivity contribution in [1.82, 2.24) is 9.03 Å². The first-order valence-electron chi connectivity index (χ1n) is 5.82. The molecule has 1 unspecified atom stereocenters. The molecule has 0 aliphatic heterocycles. The Labute approximate surface area is 103 Å². The predicted octanol–water partition coefficient (Wildman–Crippen LogP) is 0.806. The van der Waals surface area contributed by atoms with Gasteiger partial charge in [-0.05, 0) is 19.8 Å². The van der Waals surface area contributed by atoms with Gasteiger partial charge in [0.25, 0.3) is 10.2 Å². The van der Waals surface area contributed by atoms with Crippen LogP contribution in [0.25, 0.3) is 0 Å². The van der Waals surface area contributed by atoms with E-state index >= 15 is 0 Å². The molecule has 7 heteroatoms. The highest BCUT2D eigenvalue weighted by molar-refractivity contribution is 7.87. The average Bonchev–Trinajstić information content (AvgIpc) is 2.14. The number of hydrogen-bond acceptors (Lipinski definition) is 3. The second-order valence-corrected chi connectivity index (χ2v) is 5.72. The molecule has 2 N–H and O–H groups in total. The molecule has 0 amide bonds. The number of nitrogens with zero attached hydrogens (tertiary/aromatic N) is 1. The second kappa shape index (κ2) is 7.62. The van der Waals surface area contributed by atoms with Crippen LogP contribution in [0.1, 0.15) is 40.0 Å². The lowest BCUT2D eigenvalue weighted by atomic mass is 10.3. The van der Waals surface area contributed by atoms with Crippen LogP contribution in [0.3, 0.4) is 0 Å². The largest absolute Gasteiger partial charge is 0.481 e. The Morgan fingerprint density at radius 1 is 1.29 bits per heavy atom. The zero-order chi connectivity index (χ0) is 13.5. The summed E-state index contributed by atoms with van der Waals surface area (Å²) >= 11 is 0. The van der Waals surface area contributed by atoms with Gasteiger partial charge in [0.2, 0.25) is 0 Å². The van der Waals surface area contributed by atoms with Crippen LogP contribution in [-0.4, -0.2) is 42.9 Å². The van der Waals surface area contributed by atoms with E-state index in [-0.39, 0.29) is 6.42 Å². The van der Waals surface area contributed by atoms with Gasteiger partial charge in [-0.1, -0.05) is 13.8 Å². The number of hydrogen-bond donors (Lipinski definition) is 2. The van der Waals surface area contributed by atoms with Crippen LogP contribution < -0.4 is 4.72 Å². The lowest BCUT2D eigenvalue weighted by molar-refractivity contribution is -0.137.